The highest BCUT2D eigenvalue weighted by atomic mass is 35.5. The van der Waals surface area contributed by atoms with Gasteiger partial charge in [-0.1, -0.05) is 11.6 Å². The Morgan fingerprint density at radius 3 is 2.60 bits per heavy atom. The summed E-state index contributed by atoms with van der Waals surface area (Å²) in [6, 6.07) is 7.05. The fourth-order valence-corrected chi connectivity index (χ4v) is 2.18. The number of aromatic nitrogens is 2. The molecule has 0 fully saturated rings. The molecule has 7 heteroatoms. The van der Waals surface area contributed by atoms with Crippen molar-refractivity contribution in [2.75, 3.05) is 0 Å². The number of carboxylic acid groups (broad SMARTS) is 1. The van der Waals surface area contributed by atoms with E-state index in [9.17, 15) is 4.79 Å². The fourth-order valence-electron chi connectivity index (χ4n) is 1.32. The van der Waals surface area contributed by atoms with E-state index in [-0.39, 0.29) is 0 Å². The van der Waals surface area contributed by atoms with Gasteiger partial charge in [0.2, 0.25) is 11.8 Å². The molecular weight excluding hydrogens is 300 g/mol. The molecule has 0 saturated heterocycles. The molecule has 0 aliphatic rings. The average molecular weight is 313 g/mol. The Bertz CT molecular complexity index is 610. The van der Waals surface area contributed by atoms with Crippen LogP contribution in [0.2, 0.25) is 5.02 Å². The molecule has 2 rings (SSSR count). The first kappa shape index (κ1) is 14.9. The van der Waals surface area contributed by atoms with Crippen molar-refractivity contribution in [2.45, 2.75) is 24.3 Å². The Hall–Kier alpha value is -1.53. The molecular formula is C13H13ClN2O3S. The lowest BCUT2D eigenvalue weighted by Gasteiger charge is -2.16. The van der Waals surface area contributed by atoms with Gasteiger partial charge in [-0.3, -0.25) is 4.79 Å². The van der Waals surface area contributed by atoms with Crippen molar-refractivity contribution in [1.82, 2.24) is 10.2 Å². The van der Waals surface area contributed by atoms with Gasteiger partial charge in [-0.15, -0.1) is 22.0 Å². The standard InChI is InChI=1S/C13H13ClN2O3S/c1-13(2,12(17)18)20-7-10-15-16-11(19-10)8-3-5-9(14)6-4-8/h3-6H,7H2,1-2H3,(H,17,18). The predicted octanol–water partition coefficient (Wildman–Crippen LogP) is 3.49. The monoisotopic (exact) mass is 312 g/mol. The number of hydrogen-bond acceptors (Lipinski definition) is 5. The van der Waals surface area contributed by atoms with E-state index in [0.717, 1.165) is 5.56 Å². The number of rotatable bonds is 5. The van der Waals surface area contributed by atoms with Crippen LogP contribution in [0.3, 0.4) is 0 Å². The van der Waals surface area contributed by atoms with Gasteiger partial charge in [0.25, 0.3) is 0 Å². The molecule has 0 unspecified atom stereocenters. The van der Waals surface area contributed by atoms with Crippen molar-refractivity contribution >= 4 is 29.3 Å². The largest absolute Gasteiger partial charge is 0.480 e. The molecule has 1 aromatic carbocycles. The van der Waals surface area contributed by atoms with E-state index < -0.39 is 10.7 Å². The maximum absolute atomic E-state index is 11.0. The van der Waals surface area contributed by atoms with Gasteiger partial charge in [0.15, 0.2) is 0 Å². The molecule has 0 radical (unpaired) electrons. The maximum Gasteiger partial charge on any atom is 0.319 e. The zero-order valence-electron chi connectivity index (χ0n) is 11.0. The van der Waals surface area contributed by atoms with Crippen LogP contribution < -0.4 is 0 Å². The molecule has 0 amide bonds. The van der Waals surface area contributed by atoms with E-state index in [1.54, 1.807) is 38.1 Å². The zero-order valence-corrected chi connectivity index (χ0v) is 12.5. The second-order valence-electron chi connectivity index (χ2n) is 4.61. The Kier molecular flexibility index (Phi) is 4.35. The number of thioether (sulfide) groups is 1. The van der Waals surface area contributed by atoms with E-state index in [4.69, 9.17) is 21.1 Å². The summed E-state index contributed by atoms with van der Waals surface area (Å²) in [4.78, 5) is 11.0. The van der Waals surface area contributed by atoms with Crippen LogP contribution in [-0.2, 0) is 10.5 Å². The summed E-state index contributed by atoms with van der Waals surface area (Å²) < 4.78 is 4.61. The fraction of sp³-hybridized carbons (Fsp3) is 0.308. The van der Waals surface area contributed by atoms with E-state index >= 15 is 0 Å². The summed E-state index contributed by atoms with van der Waals surface area (Å²) >= 11 is 7.04. The Balaban J connectivity index is 2.06. The molecule has 1 heterocycles. The average Bonchev–Trinajstić information content (AvgIpc) is 2.86. The second-order valence-corrected chi connectivity index (χ2v) is 6.65. The van der Waals surface area contributed by atoms with Crippen LogP contribution in [0.5, 0.6) is 0 Å². The number of halogens is 1. The smallest absolute Gasteiger partial charge is 0.319 e. The molecule has 106 valence electrons. The minimum absolute atomic E-state index is 0.347. The molecule has 5 nitrogen and oxygen atoms in total. The molecule has 0 aliphatic heterocycles. The Morgan fingerprint density at radius 1 is 1.35 bits per heavy atom. The predicted molar refractivity (Wildman–Crippen MR) is 77.8 cm³/mol. The van der Waals surface area contributed by atoms with Crippen molar-refractivity contribution in [3.05, 3.63) is 35.2 Å². The van der Waals surface area contributed by atoms with Crippen molar-refractivity contribution in [1.29, 1.82) is 0 Å². The van der Waals surface area contributed by atoms with Crippen LogP contribution in [0.4, 0.5) is 0 Å². The van der Waals surface area contributed by atoms with Crippen LogP contribution in [0.25, 0.3) is 11.5 Å². The molecule has 0 spiro atoms. The number of aliphatic carboxylic acids is 1. The molecule has 0 atom stereocenters. The second kappa shape index (κ2) is 5.85. The molecule has 0 bridgehead atoms. The minimum Gasteiger partial charge on any atom is -0.480 e. The minimum atomic E-state index is -0.894. The van der Waals surface area contributed by atoms with Gasteiger partial charge in [0.05, 0.1) is 5.75 Å². The van der Waals surface area contributed by atoms with E-state index in [0.29, 0.717) is 22.6 Å². The summed E-state index contributed by atoms with van der Waals surface area (Å²) in [6.45, 7) is 3.27. The first-order valence-electron chi connectivity index (χ1n) is 5.84. The van der Waals surface area contributed by atoms with Gasteiger partial charge in [0.1, 0.15) is 4.75 Å². The summed E-state index contributed by atoms with van der Waals surface area (Å²) in [5.41, 5.74) is 0.774. The quantitative estimate of drug-likeness (QED) is 0.910. The van der Waals surface area contributed by atoms with Crippen LogP contribution in [0.1, 0.15) is 19.7 Å². The summed E-state index contributed by atoms with van der Waals surface area (Å²) in [6.07, 6.45) is 0. The molecule has 2 aromatic rings. The maximum atomic E-state index is 11.0. The topological polar surface area (TPSA) is 76.2 Å². The van der Waals surface area contributed by atoms with Gasteiger partial charge < -0.3 is 9.52 Å². The SMILES string of the molecule is CC(C)(SCc1nnc(-c2ccc(Cl)cc2)o1)C(=O)O. The Labute approximate surface area is 125 Å². The molecule has 0 aliphatic carbocycles. The highest BCUT2D eigenvalue weighted by Crippen LogP contribution is 2.29. The van der Waals surface area contributed by atoms with Crippen LogP contribution in [0.15, 0.2) is 28.7 Å². The lowest BCUT2D eigenvalue weighted by atomic mass is 10.2. The Morgan fingerprint density at radius 2 is 2.00 bits per heavy atom. The van der Waals surface area contributed by atoms with Crippen LogP contribution in [-0.4, -0.2) is 26.0 Å². The van der Waals surface area contributed by atoms with Gasteiger partial charge in [-0.2, -0.15) is 0 Å². The number of carbonyl (C=O) groups is 1. The lowest BCUT2D eigenvalue weighted by molar-refractivity contribution is -0.138. The third-order valence-corrected chi connectivity index (χ3v) is 4.17. The van der Waals surface area contributed by atoms with Gasteiger partial charge >= 0.3 is 5.97 Å². The van der Waals surface area contributed by atoms with E-state index in [1.807, 2.05) is 0 Å². The summed E-state index contributed by atoms with van der Waals surface area (Å²) in [7, 11) is 0. The molecule has 1 aromatic heterocycles. The van der Waals surface area contributed by atoms with Gasteiger partial charge in [0, 0.05) is 10.6 Å². The van der Waals surface area contributed by atoms with Crippen molar-refractivity contribution < 1.29 is 14.3 Å². The first-order valence-corrected chi connectivity index (χ1v) is 7.20. The first-order chi connectivity index (χ1) is 9.38. The third kappa shape index (κ3) is 3.52. The van der Waals surface area contributed by atoms with E-state index in [1.165, 1.54) is 11.8 Å². The number of carboxylic acids is 1. The van der Waals surface area contributed by atoms with Crippen LogP contribution >= 0.6 is 23.4 Å². The van der Waals surface area contributed by atoms with Crippen molar-refractivity contribution in [2.24, 2.45) is 0 Å². The molecule has 20 heavy (non-hydrogen) atoms. The van der Waals surface area contributed by atoms with Gasteiger partial charge in [-0.05, 0) is 38.1 Å². The summed E-state index contributed by atoms with van der Waals surface area (Å²) in [5.74, 6) is 0.263. The summed E-state index contributed by atoms with van der Waals surface area (Å²) in [5, 5.41) is 17.5. The molecule has 1 N–H and O–H groups in total. The highest BCUT2D eigenvalue weighted by molar-refractivity contribution is 8.00. The van der Waals surface area contributed by atoms with E-state index in [2.05, 4.69) is 10.2 Å². The molecule has 0 saturated carbocycles. The number of hydrogen-bond donors (Lipinski definition) is 1. The number of benzene rings is 1. The number of nitrogens with zero attached hydrogens (tertiary/aromatic N) is 2. The zero-order chi connectivity index (χ0) is 14.8. The van der Waals surface area contributed by atoms with Gasteiger partial charge in [-0.25, -0.2) is 0 Å². The normalized spacial score (nSPS) is 11.6. The highest BCUT2D eigenvalue weighted by Gasteiger charge is 2.28. The van der Waals surface area contributed by atoms with Crippen molar-refractivity contribution in [3.63, 3.8) is 0 Å². The third-order valence-electron chi connectivity index (χ3n) is 2.63. The lowest BCUT2D eigenvalue weighted by Crippen LogP contribution is -2.27. The van der Waals surface area contributed by atoms with Crippen molar-refractivity contribution in [3.8, 4) is 11.5 Å². The van der Waals surface area contributed by atoms with Crippen LogP contribution in [0, 0.1) is 0 Å².